The molecular formula is C26H16BrI3O2. The van der Waals surface area contributed by atoms with Gasteiger partial charge in [0.1, 0.15) is 13.2 Å². The van der Waals surface area contributed by atoms with Gasteiger partial charge in [-0.15, -0.1) is 0 Å². The van der Waals surface area contributed by atoms with E-state index in [2.05, 4.69) is 156 Å². The van der Waals surface area contributed by atoms with E-state index < -0.39 is 0 Å². The maximum atomic E-state index is 6.42. The van der Waals surface area contributed by atoms with Crippen LogP contribution in [0.3, 0.4) is 0 Å². The molecule has 2 nitrogen and oxygen atoms in total. The molecule has 160 valence electrons. The first-order chi connectivity index (χ1) is 15.5. The summed E-state index contributed by atoms with van der Waals surface area (Å²) in [7, 11) is 0. The van der Waals surface area contributed by atoms with Crippen LogP contribution in [0.2, 0.25) is 0 Å². The molecule has 1 aliphatic heterocycles. The second-order valence-electron chi connectivity index (χ2n) is 7.39. The van der Waals surface area contributed by atoms with Crippen LogP contribution < -0.4 is 9.47 Å². The molecule has 0 N–H and O–H groups in total. The van der Waals surface area contributed by atoms with Crippen molar-refractivity contribution in [2.75, 3.05) is 0 Å². The van der Waals surface area contributed by atoms with Gasteiger partial charge in [-0.2, -0.15) is 0 Å². The molecular weight excluding hydrogens is 805 g/mol. The number of halogens is 4. The third-order valence-electron chi connectivity index (χ3n) is 5.41. The van der Waals surface area contributed by atoms with Crippen molar-refractivity contribution < 1.29 is 9.47 Å². The number of rotatable bonds is 0. The summed E-state index contributed by atoms with van der Waals surface area (Å²) in [4.78, 5) is 0. The van der Waals surface area contributed by atoms with E-state index in [1.807, 2.05) is 0 Å². The Morgan fingerprint density at radius 2 is 1.03 bits per heavy atom. The molecule has 4 aromatic carbocycles. The zero-order chi connectivity index (χ0) is 22.2. The maximum absolute atomic E-state index is 6.42. The molecule has 32 heavy (non-hydrogen) atoms. The highest BCUT2D eigenvalue weighted by Gasteiger charge is 2.20. The standard InChI is InChI=1S/C26H16BrI3O2/c27-17-11-20-18-7-3-1-5-15(18)13-31-25-22(28)9-10-23(29)26(25)32-14-16-6-2-4-8-19(16)21(12-17)24(20)30/h1-12H,13-14H2. The Morgan fingerprint density at radius 3 is 1.50 bits per heavy atom. The Labute approximate surface area is 236 Å². The Morgan fingerprint density at radius 1 is 0.594 bits per heavy atom. The lowest BCUT2D eigenvalue weighted by Crippen LogP contribution is -2.04. The molecule has 0 unspecified atom stereocenters. The number of ether oxygens (including phenoxy) is 2. The van der Waals surface area contributed by atoms with Gasteiger partial charge in [0.25, 0.3) is 0 Å². The van der Waals surface area contributed by atoms with Crippen molar-refractivity contribution in [3.05, 3.63) is 99.1 Å². The van der Waals surface area contributed by atoms with Gasteiger partial charge < -0.3 is 9.47 Å². The van der Waals surface area contributed by atoms with Gasteiger partial charge in [0.2, 0.25) is 0 Å². The Hall–Kier alpha value is -0.850. The monoisotopic (exact) mass is 820 g/mol. The van der Waals surface area contributed by atoms with Crippen molar-refractivity contribution in [3.63, 3.8) is 0 Å². The fourth-order valence-corrected chi connectivity index (χ4v) is 6.39. The topological polar surface area (TPSA) is 18.5 Å². The zero-order valence-corrected chi connectivity index (χ0v) is 24.7. The highest BCUT2D eigenvalue weighted by atomic mass is 127. The van der Waals surface area contributed by atoms with Crippen LogP contribution in [0.5, 0.6) is 11.5 Å². The van der Waals surface area contributed by atoms with Crippen LogP contribution in [-0.4, -0.2) is 0 Å². The van der Waals surface area contributed by atoms with Gasteiger partial charge in [-0.25, -0.2) is 0 Å². The van der Waals surface area contributed by atoms with Crippen LogP contribution >= 0.6 is 83.7 Å². The number of hydrogen-bond donors (Lipinski definition) is 0. The molecule has 1 aliphatic rings. The fraction of sp³-hybridized carbons (Fsp3) is 0.0769. The molecule has 0 amide bonds. The molecule has 0 atom stereocenters. The lowest BCUT2D eigenvalue weighted by molar-refractivity contribution is 0.253. The van der Waals surface area contributed by atoms with Crippen LogP contribution in [0.25, 0.3) is 22.3 Å². The molecule has 0 radical (unpaired) electrons. The van der Waals surface area contributed by atoms with Gasteiger partial charge in [0.15, 0.2) is 11.5 Å². The average Bonchev–Trinajstić information content (AvgIpc) is 2.80. The first-order valence-electron chi connectivity index (χ1n) is 9.92. The van der Waals surface area contributed by atoms with Crippen molar-refractivity contribution >= 4 is 83.7 Å². The minimum absolute atomic E-state index is 0.466. The third kappa shape index (κ3) is 4.44. The largest absolute Gasteiger partial charge is 0.484 e. The summed E-state index contributed by atoms with van der Waals surface area (Å²) in [5.41, 5.74) is 7.03. The normalized spacial score (nSPS) is 12.6. The number of hydrogen-bond acceptors (Lipinski definition) is 2. The summed E-state index contributed by atoms with van der Waals surface area (Å²) in [5.74, 6) is 1.60. The van der Waals surface area contributed by atoms with Gasteiger partial charge in [-0.1, -0.05) is 64.5 Å². The van der Waals surface area contributed by atoms with Gasteiger partial charge >= 0.3 is 0 Å². The summed E-state index contributed by atoms with van der Waals surface area (Å²) in [6, 6.07) is 25.5. The van der Waals surface area contributed by atoms with E-state index in [1.54, 1.807) is 0 Å². The van der Waals surface area contributed by atoms with E-state index in [0.717, 1.165) is 34.2 Å². The molecule has 6 heteroatoms. The first-order valence-corrected chi connectivity index (χ1v) is 13.9. The van der Waals surface area contributed by atoms with Crippen molar-refractivity contribution in [2.24, 2.45) is 0 Å². The number of benzene rings is 4. The predicted octanol–water partition coefficient (Wildman–Crippen LogP) is 9.07. The molecule has 0 spiro atoms. The van der Waals surface area contributed by atoms with Gasteiger partial charge in [-0.3, -0.25) is 0 Å². The lowest BCUT2D eigenvalue weighted by atomic mass is 9.94. The summed E-state index contributed by atoms with van der Waals surface area (Å²) in [6.45, 7) is 0.932. The van der Waals surface area contributed by atoms with Crippen LogP contribution in [-0.2, 0) is 13.2 Å². The average molecular weight is 821 g/mol. The van der Waals surface area contributed by atoms with Crippen molar-refractivity contribution in [1.29, 1.82) is 0 Å². The van der Waals surface area contributed by atoms with Crippen molar-refractivity contribution in [1.82, 2.24) is 0 Å². The predicted molar refractivity (Wildman–Crippen MR) is 158 cm³/mol. The van der Waals surface area contributed by atoms with E-state index in [0.29, 0.717) is 13.2 Å². The molecule has 0 saturated heterocycles. The van der Waals surface area contributed by atoms with Crippen molar-refractivity contribution in [3.8, 4) is 33.8 Å². The highest BCUT2D eigenvalue weighted by Crippen LogP contribution is 2.42. The highest BCUT2D eigenvalue weighted by molar-refractivity contribution is 14.1. The molecule has 2 bridgehead atoms. The van der Waals surface area contributed by atoms with Crippen molar-refractivity contribution in [2.45, 2.75) is 13.2 Å². The molecule has 0 saturated carbocycles. The second kappa shape index (κ2) is 9.79. The SMILES string of the molecule is Brc1cc2c(I)c(c1)-c1ccccc1COc1c(I)ccc(I)c1OCc1ccccc1-2. The molecule has 4 aromatic rings. The van der Waals surface area contributed by atoms with E-state index in [4.69, 9.17) is 9.47 Å². The maximum Gasteiger partial charge on any atom is 0.176 e. The lowest BCUT2D eigenvalue weighted by Gasteiger charge is -2.17. The van der Waals surface area contributed by atoms with Crippen LogP contribution in [0.15, 0.2) is 77.3 Å². The Kier molecular flexibility index (Phi) is 7.01. The summed E-state index contributed by atoms with van der Waals surface area (Å²) in [6.07, 6.45) is 0. The summed E-state index contributed by atoms with van der Waals surface area (Å²) in [5, 5.41) is 0. The van der Waals surface area contributed by atoms with Crippen LogP contribution in [0.1, 0.15) is 11.1 Å². The molecule has 5 rings (SSSR count). The van der Waals surface area contributed by atoms with E-state index in [-0.39, 0.29) is 0 Å². The summed E-state index contributed by atoms with van der Waals surface area (Å²) >= 11 is 10.9. The Balaban J connectivity index is 1.80. The minimum atomic E-state index is 0.466. The third-order valence-corrected chi connectivity index (χ3v) is 8.73. The second-order valence-corrected chi connectivity index (χ2v) is 11.7. The molecule has 0 aliphatic carbocycles. The van der Waals surface area contributed by atoms with Gasteiger partial charge in [0.05, 0.1) is 7.14 Å². The molecule has 1 heterocycles. The quantitative estimate of drug-likeness (QED) is 0.165. The van der Waals surface area contributed by atoms with Crippen LogP contribution in [0, 0.1) is 10.7 Å². The Bertz CT molecular complexity index is 1240. The van der Waals surface area contributed by atoms with E-state index >= 15 is 0 Å². The zero-order valence-electron chi connectivity index (χ0n) is 16.7. The fourth-order valence-electron chi connectivity index (χ4n) is 3.88. The minimum Gasteiger partial charge on any atom is -0.484 e. The number of fused-ring (bicyclic) bond motifs is 7. The van der Waals surface area contributed by atoms with Crippen LogP contribution in [0.4, 0.5) is 0 Å². The van der Waals surface area contributed by atoms with E-state index in [9.17, 15) is 0 Å². The molecule has 0 aromatic heterocycles. The van der Waals surface area contributed by atoms with E-state index in [1.165, 1.54) is 25.8 Å². The van der Waals surface area contributed by atoms with Gasteiger partial charge in [0, 0.05) is 8.04 Å². The smallest absolute Gasteiger partial charge is 0.176 e. The van der Waals surface area contributed by atoms with Gasteiger partial charge in [-0.05, 0) is 125 Å². The first kappa shape index (κ1) is 22.9. The molecule has 0 fully saturated rings. The summed E-state index contributed by atoms with van der Waals surface area (Å²) < 4.78 is 17.2.